The van der Waals surface area contributed by atoms with E-state index in [1.807, 2.05) is 0 Å². The van der Waals surface area contributed by atoms with Crippen LogP contribution in [-0.2, 0) is 0 Å². The molecule has 120 valence electrons. The van der Waals surface area contributed by atoms with Crippen molar-refractivity contribution in [3.05, 3.63) is 35.3 Å². The fraction of sp³-hybridized carbons (Fsp3) is 0.231. The number of nitrogens with one attached hydrogen (secondary N) is 3. The number of nitriles is 1. The van der Waals surface area contributed by atoms with Crippen molar-refractivity contribution in [1.29, 1.82) is 5.26 Å². The Morgan fingerprint density at radius 1 is 1.22 bits per heavy atom. The lowest BCUT2D eigenvalue weighted by atomic mass is 10.1. The summed E-state index contributed by atoms with van der Waals surface area (Å²) in [5, 5.41) is 11.5. The van der Waals surface area contributed by atoms with Crippen molar-refractivity contribution >= 4 is 11.3 Å². The average Bonchev–Trinajstić information content (AvgIpc) is 3.15. The van der Waals surface area contributed by atoms with E-state index in [-0.39, 0.29) is 11.8 Å². The van der Waals surface area contributed by atoms with Gasteiger partial charge in [0.25, 0.3) is 0 Å². The summed E-state index contributed by atoms with van der Waals surface area (Å²) >= 11 is 1.34. The smallest absolute Gasteiger partial charge is 0.406 e. The molecule has 1 aliphatic rings. The third-order valence-corrected chi connectivity index (χ3v) is 4.01. The minimum atomic E-state index is -4.71. The van der Waals surface area contributed by atoms with Crippen molar-refractivity contribution < 1.29 is 17.9 Å². The zero-order valence-corrected chi connectivity index (χ0v) is 12.2. The molecule has 23 heavy (non-hydrogen) atoms. The van der Waals surface area contributed by atoms with Crippen molar-refractivity contribution in [3.63, 3.8) is 0 Å². The minimum Gasteiger partial charge on any atom is -0.406 e. The van der Waals surface area contributed by atoms with E-state index in [0.717, 1.165) is 0 Å². The summed E-state index contributed by atoms with van der Waals surface area (Å²) in [6, 6.07) is 6.80. The zero-order chi connectivity index (χ0) is 16.4. The molecule has 10 heteroatoms. The van der Waals surface area contributed by atoms with E-state index >= 15 is 0 Å². The molecule has 0 radical (unpaired) electrons. The standard InChI is InChI=1S/C13H10F3N5OS/c14-13(15,16)22-8-3-1-7(2-4-8)12-18-10(6-23-12)11-9(5-17)19-21-20-11/h1-4,6,9,11,19-21H. The number of thiazole rings is 1. The summed E-state index contributed by atoms with van der Waals surface area (Å²) in [6.07, 6.45) is -4.71. The molecule has 0 saturated carbocycles. The summed E-state index contributed by atoms with van der Waals surface area (Å²) in [4.78, 5) is 4.43. The number of alkyl halides is 3. The van der Waals surface area contributed by atoms with Gasteiger partial charge in [-0.15, -0.1) is 24.5 Å². The molecule has 0 aliphatic carbocycles. The molecule has 0 bridgehead atoms. The molecule has 2 heterocycles. The van der Waals surface area contributed by atoms with Crippen LogP contribution in [0, 0.1) is 11.3 Å². The van der Waals surface area contributed by atoms with Gasteiger partial charge in [0.05, 0.1) is 17.8 Å². The highest BCUT2D eigenvalue weighted by molar-refractivity contribution is 7.13. The fourth-order valence-corrected chi connectivity index (χ4v) is 2.94. The summed E-state index contributed by atoms with van der Waals surface area (Å²) in [6.45, 7) is 0. The molecule has 1 aromatic carbocycles. The molecule has 1 saturated heterocycles. The number of ether oxygens (including phenoxy) is 1. The fourth-order valence-electron chi connectivity index (χ4n) is 2.08. The monoisotopic (exact) mass is 341 g/mol. The molecule has 1 fully saturated rings. The highest BCUT2D eigenvalue weighted by Crippen LogP contribution is 2.30. The van der Waals surface area contributed by atoms with Crippen LogP contribution in [-0.4, -0.2) is 17.4 Å². The number of hydrazine groups is 2. The first-order valence-electron chi connectivity index (χ1n) is 6.43. The largest absolute Gasteiger partial charge is 0.573 e. The molecule has 1 aromatic heterocycles. The maximum atomic E-state index is 12.1. The lowest BCUT2D eigenvalue weighted by molar-refractivity contribution is -0.274. The van der Waals surface area contributed by atoms with Gasteiger partial charge in [-0.3, -0.25) is 0 Å². The molecule has 3 N–H and O–H groups in total. The van der Waals surface area contributed by atoms with Crippen LogP contribution in [0.25, 0.3) is 10.6 Å². The quantitative estimate of drug-likeness (QED) is 0.794. The normalized spacial score (nSPS) is 21.1. The van der Waals surface area contributed by atoms with Crippen LogP contribution in [0.15, 0.2) is 29.6 Å². The van der Waals surface area contributed by atoms with Crippen LogP contribution in [0.5, 0.6) is 5.75 Å². The highest BCUT2D eigenvalue weighted by atomic mass is 32.1. The van der Waals surface area contributed by atoms with Crippen molar-refractivity contribution in [1.82, 2.24) is 21.4 Å². The number of hydrogen-bond acceptors (Lipinski definition) is 7. The van der Waals surface area contributed by atoms with Gasteiger partial charge in [-0.25, -0.2) is 15.8 Å². The molecular weight excluding hydrogens is 331 g/mol. The Hall–Kier alpha value is -2.19. The second-order valence-corrected chi connectivity index (χ2v) is 5.51. The van der Waals surface area contributed by atoms with Crippen molar-refractivity contribution in [2.75, 3.05) is 0 Å². The number of aromatic nitrogens is 1. The molecule has 2 aromatic rings. The number of rotatable bonds is 3. The van der Waals surface area contributed by atoms with Gasteiger partial charge in [-0.05, 0) is 24.3 Å². The molecular formula is C13H10F3N5OS. The highest BCUT2D eigenvalue weighted by Gasteiger charge is 2.31. The van der Waals surface area contributed by atoms with Crippen LogP contribution in [0.4, 0.5) is 13.2 Å². The first kappa shape index (κ1) is 15.7. The third-order valence-electron chi connectivity index (χ3n) is 3.10. The van der Waals surface area contributed by atoms with Gasteiger partial charge < -0.3 is 4.74 Å². The number of benzene rings is 1. The zero-order valence-electron chi connectivity index (χ0n) is 11.4. The van der Waals surface area contributed by atoms with Gasteiger partial charge >= 0.3 is 6.36 Å². The SMILES string of the molecule is N#CC1NNNC1c1csc(-c2ccc(OC(F)(F)F)cc2)n1. The molecule has 6 nitrogen and oxygen atoms in total. The van der Waals surface area contributed by atoms with E-state index in [1.54, 1.807) is 5.38 Å². The number of hydrogen-bond donors (Lipinski definition) is 3. The summed E-state index contributed by atoms with van der Waals surface area (Å²) in [5.41, 5.74) is 9.65. The van der Waals surface area contributed by atoms with Gasteiger partial charge in [0.1, 0.15) is 16.8 Å². The second-order valence-electron chi connectivity index (χ2n) is 4.65. The third kappa shape index (κ3) is 3.59. The average molecular weight is 341 g/mol. The van der Waals surface area contributed by atoms with Crippen LogP contribution < -0.4 is 21.1 Å². The van der Waals surface area contributed by atoms with Crippen molar-refractivity contribution in [2.45, 2.75) is 18.4 Å². The molecule has 1 aliphatic heterocycles. The lowest BCUT2D eigenvalue weighted by Crippen LogP contribution is -2.32. The Morgan fingerprint density at radius 3 is 2.61 bits per heavy atom. The topological polar surface area (TPSA) is 82.0 Å². The summed E-state index contributed by atoms with van der Waals surface area (Å²) in [7, 11) is 0. The predicted octanol–water partition coefficient (Wildman–Crippen LogP) is 2.25. The van der Waals surface area contributed by atoms with E-state index in [2.05, 4.69) is 32.2 Å². The molecule has 3 rings (SSSR count). The van der Waals surface area contributed by atoms with Crippen molar-refractivity contribution in [2.24, 2.45) is 0 Å². The first-order valence-corrected chi connectivity index (χ1v) is 7.31. The molecule has 0 spiro atoms. The van der Waals surface area contributed by atoms with Crippen LogP contribution in [0.1, 0.15) is 11.7 Å². The number of nitrogens with zero attached hydrogens (tertiary/aromatic N) is 2. The Bertz CT molecular complexity index is 724. The van der Waals surface area contributed by atoms with E-state index < -0.39 is 12.4 Å². The van der Waals surface area contributed by atoms with Gasteiger partial charge in [-0.2, -0.15) is 10.8 Å². The molecule has 2 atom stereocenters. The van der Waals surface area contributed by atoms with Gasteiger partial charge in [0, 0.05) is 10.9 Å². The summed E-state index contributed by atoms with van der Waals surface area (Å²) in [5.74, 6) is -0.284. The molecule has 0 amide bonds. The Labute approximate surface area is 132 Å². The maximum Gasteiger partial charge on any atom is 0.573 e. The van der Waals surface area contributed by atoms with Crippen molar-refractivity contribution in [3.8, 4) is 22.4 Å². The van der Waals surface area contributed by atoms with E-state index in [0.29, 0.717) is 16.3 Å². The Kier molecular flexibility index (Phi) is 4.18. The van der Waals surface area contributed by atoms with Crippen LogP contribution in [0.3, 0.4) is 0 Å². The molecule has 2 unspecified atom stereocenters. The number of halogens is 3. The summed E-state index contributed by atoms with van der Waals surface area (Å²) < 4.78 is 40.2. The van der Waals surface area contributed by atoms with Gasteiger partial charge in [0.2, 0.25) is 0 Å². The minimum absolute atomic E-state index is 0.284. The Balaban J connectivity index is 1.77. The maximum absolute atomic E-state index is 12.1. The van der Waals surface area contributed by atoms with E-state index in [9.17, 15) is 13.2 Å². The van der Waals surface area contributed by atoms with Crippen LogP contribution >= 0.6 is 11.3 Å². The first-order chi connectivity index (χ1) is 11.0. The van der Waals surface area contributed by atoms with E-state index in [1.165, 1.54) is 35.6 Å². The van der Waals surface area contributed by atoms with E-state index in [4.69, 9.17) is 5.26 Å². The van der Waals surface area contributed by atoms with Gasteiger partial charge in [-0.1, -0.05) is 0 Å². The lowest BCUT2D eigenvalue weighted by Gasteiger charge is -2.09. The predicted molar refractivity (Wildman–Crippen MR) is 75.8 cm³/mol. The Morgan fingerprint density at radius 2 is 1.96 bits per heavy atom. The van der Waals surface area contributed by atoms with Gasteiger partial charge in [0.15, 0.2) is 0 Å². The van der Waals surface area contributed by atoms with Crippen LogP contribution in [0.2, 0.25) is 0 Å². The second kappa shape index (κ2) is 6.13.